The minimum atomic E-state index is -3.63. The average molecular weight is 543 g/mol. The number of rotatable bonds is 24. The molecule has 0 aliphatic heterocycles. The van der Waals surface area contributed by atoms with Crippen molar-refractivity contribution < 1.29 is 27.9 Å². The van der Waals surface area contributed by atoms with E-state index in [1.54, 1.807) is 7.11 Å². The molecule has 0 spiro atoms. The Balaban J connectivity index is 2.27. The Hall–Kier alpha value is -0.910. The number of hydrogen-bond donors (Lipinski definition) is 1. The zero-order valence-corrected chi connectivity index (χ0v) is 25.5. The fourth-order valence-corrected chi connectivity index (χ4v) is 5.45. The Morgan fingerprint density at radius 2 is 1.41 bits per heavy atom. The summed E-state index contributed by atoms with van der Waals surface area (Å²) in [6.45, 7) is 3.41. The van der Waals surface area contributed by atoms with Gasteiger partial charge >= 0.3 is 7.60 Å². The molecule has 0 aliphatic carbocycles. The van der Waals surface area contributed by atoms with E-state index in [4.69, 9.17) is 14.0 Å². The molecule has 0 saturated carbocycles. The van der Waals surface area contributed by atoms with Crippen molar-refractivity contribution in [3.63, 3.8) is 0 Å². The molecule has 7 heteroatoms. The number of ether oxygens (including phenoxy) is 2. The second-order valence-electron chi connectivity index (χ2n) is 11.4. The first-order chi connectivity index (χ1) is 17.7. The summed E-state index contributed by atoms with van der Waals surface area (Å²) in [7, 11) is 4.15. The van der Waals surface area contributed by atoms with Gasteiger partial charge in [-0.15, -0.1) is 0 Å². The van der Waals surface area contributed by atoms with Gasteiger partial charge in [0.15, 0.2) is 0 Å². The average Bonchev–Trinajstić information content (AvgIpc) is 2.84. The molecule has 1 rings (SSSR count). The number of nitrogens with zero attached hydrogens (tertiary/aromatic N) is 1. The van der Waals surface area contributed by atoms with E-state index in [0.29, 0.717) is 6.42 Å². The van der Waals surface area contributed by atoms with Crippen LogP contribution in [0.1, 0.15) is 96.0 Å². The molecule has 0 aromatic heterocycles. The lowest BCUT2D eigenvalue weighted by Gasteiger charge is -2.24. The van der Waals surface area contributed by atoms with Crippen LogP contribution in [0.15, 0.2) is 24.3 Å². The van der Waals surface area contributed by atoms with Crippen LogP contribution in [0, 0.1) is 0 Å². The van der Waals surface area contributed by atoms with Gasteiger partial charge in [-0.1, -0.05) is 95.8 Å². The Kier molecular flexibility index (Phi) is 18.5. The molecule has 0 saturated heterocycles. The summed E-state index contributed by atoms with van der Waals surface area (Å²) in [6.07, 6.45) is 17.5. The molecule has 0 bridgehead atoms. The van der Waals surface area contributed by atoms with Crippen LogP contribution in [0.3, 0.4) is 0 Å². The van der Waals surface area contributed by atoms with Gasteiger partial charge in [-0.25, -0.2) is 0 Å². The summed E-state index contributed by atoms with van der Waals surface area (Å²) < 4.78 is 30.0. The number of quaternary nitrogens is 1. The molecule has 0 aliphatic rings. The van der Waals surface area contributed by atoms with E-state index in [1.807, 2.05) is 12.1 Å². The van der Waals surface area contributed by atoms with Crippen LogP contribution >= 0.6 is 7.60 Å². The van der Waals surface area contributed by atoms with E-state index in [2.05, 4.69) is 40.2 Å². The predicted octanol–water partition coefficient (Wildman–Crippen LogP) is 7.62. The first-order valence-corrected chi connectivity index (χ1v) is 16.4. The van der Waals surface area contributed by atoms with Gasteiger partial charge in [0.1, 0.15) is 18.5 Å². The van der Waals surface area contributed by atoms with Crippen molar-refractivity contribution >= 4 is 7.60 Å². The number of aryl methyl sites for hydroxylation is 1. The summed E-state index contributed by atoms with van der Waals surface area (Å²) in [6, 6.07) is 8.15. The zero-order valence-electron chi connectivity index (χ0n) is 24.6. The van der Waals surface area contributed by atoms with Crippen LogP contribution in [-0.2, 0) is 20.2 Å². The number of unbranched alkanes of at least 4 members (excludes halogenated alkanes) is 11. The highest BCUT2D eigenvalue weighted by atomic mass is 31.2. The molecule has 37 heavy (non-hydrogen) atoms. The van der Waals surface area contributed by atoms with E-state index in [9.17, 15) is 9.46 Å². The van der Waals surface area contributed by atoms with Gasteiger partial charge in [0.25, 0.3) is 0 Å². The predicted molar refractivity (Wildman–Crippen MR) is 156 cm³/mol. The second-order valence-corrected chi connectivity index (χ2v) is 13.4. The molecular weight excluding hydrogens is 485 g/mol. The minimum Gasteiger partial charge on any atom is -0.491 e. The summed E-state index contributed by atoms with van der Waals surface area (Å²) in [5.74, 6) is 0.864. The summed E-state index contributed by atoms with van der Waals surface area (Å²) in [4.78, 5) is 10.2. The van der Waals surface area contributed by atoms with Crippen molar-refractivity contribution in [1.29, 1.82) is 0 Å². The smallest absolute Gasteiger partial charge is 0.328 e. The fourth-order valence-electron chi connectivity index (χ4n) is 4.38. The van der Waals surface area contributed by atoms with Crippen molar-refractivity contribution in [1.82, 2.24) is 0 Å². The third-order valence-corrected chi connectivity index (χ3v) is 8.20. The van der Waals surface area contributed by atoms with Crippen LogP contribution < -0.4 is 4.74 Å². The first kappa shape index (κ1) is 34.1. The van der Waals surface area contributed by atoms with E-state index in [0.717, 1.165) is 29.6 Å². The maximum atomic E-state index is 12.4. The molecule has 0 heterocycles. The molecule has 0 fully saturated rings. The highest BCUT2D eigenvalue weighted by molar-refractivity contribution is 7.52. The van der Waals surface area contributed by atoms with Gasteiger partial charge in [0, 0.05) is 13.5 Å². The van der Waals surface area contributed by atoms with E-state index in [1.165, 1.54) is 76.2 Å². The second kappa shape index (κ2) is 20.1. The molecule has 0 amide bonds. The fraction of sp³-hybridized carbons (Fsp3) is 0.800. The van der Waals surface area contributed by atoms with E-state index >= 15 is 0 Å². The highest BCUT2D eigenvalue weighted by Gasteiger charge is 2.23. The molecule has 0 radical (unpaired) electrons. The number of hydrogen-bond acceptors (Lipinski definition) is 4. The Bertz CT molecular complexity index is 737. The van der Waals surface area contributed by atoms with Crippen LogP contribution in [0.2, 0.25) is 0 Å². The molecule has 2 unspecified atom stereocenters. The summed E-state index contributed by atoms with van der Waals surface area (Å²) in [5.41, 5.74) is 1.21. The highest BCUT2D eigenvalue weighted by Crippen LogP contribution is 2.42. The van der Waals surface area contributed by atoms with Gasteiger partial charge in [0.05, 0.1) is 40.5 Å². The monoisotopic (exact) mass is 542 g/mol. The van der Waals surface area contributed by atoms with Crippen LogP contribution in [-0.4, -0.2) is 69.7 Å². The van der Waals surface area contributed by atoms with Crippen molar-refractivity contribution in [3.8, 4) is 5.75 Å². The van der Waals surface area contributed by atoms with Gasteiger partial charge < -0.3 is 23.4 Å². The lowest BCUT2D eigenvalue weighted by atomic mass is 10.0. The third kappa shape index (κ3) is 18.9. The largest absolute Gasteiger partial charge is 0.491 e. The Labute approximate surface area is 228 Å². The molecule has 1 N–H and O–H groups in total. The van der Waals surface area contributed by atoms with Crippen molar-refractivity contribution in [3.05, 3.63) is 29.8 Å². The van der Waals surface area contributed by atoms with Crippen molar-refractivity contribution in [2.24, 2.45) is 0 Å². The van der Waals surface area contributed by atoms with Crippen LogP contribution in [0.25, 0.3) is 0 Å². The number of para-hydroxylation sites is 1. The van der Waals surface area contributed by atoms with Crippen LogP contribution in [0.4, 0.5) is 0 Å². The quantitative estimate of drug-likeness (QED) is 0.0827. The topological polar surface area (TPSA) is 65.0 Å². The summed E-state index contributed by atoms with van der Waals surface area (Å²) in [5, 5.41) is 0. The van der Waals surface area contributed by atoms with E-state index < -0.39 is 13.7 Å². The Morgan fingerprint density at radius 3 is 1.97 bits per heavy atom. The summed E-state index contributed by atoms with van der Waals surface area (Å²) >= 11 is 0. The van der Waals surface area contributed by atoms with Gasteiger partial charge in [-0.3, -0.25) is 4.57 Å². The zero-order chi connectivity index (χ0) is 27.4. The first-order valence-electron chi connectivity index (χ1n) is 14.7. The number of benzene rings is 1. The third-order valence-electron chi connectivity index (χ3n) is 6.76. The van der Waals surface area contributed by atoms with E-state index in [-0.39, 0.29) is 19.4 Å². The maximum absolute atomic E-state index is 12.4. The van der Waals surface area contributed by atoms with Gasteiger partial charge in [-0.05, 0) is 24.5 Å². The lowest BCUT2D eigenvalue weighted by molar-refractivity contribution is -0.870. The van der Waals surface area contributed by atoms with Crippen LogP contribution in [0.5, 0.6) is 5.75 Å². The number of methoxy groups -OCH3 is 1. The van der Waals surface area contributed by atoms with Gasteiger partial charge in [-0.2, -0.15) is 0 Å². The van der Waals surface area contributed by atoms with Crippen molar-refractivity contribution in [2.75, 3.05) is 54.2 Å². The van der Waals surface area contributed by atoms with Gasteiger partial charge in [0.2, 0.25) is 0 Å². The standard InChI is InChI=1S/C30H56NO5P/c1-6-7-8-9-10-11-12-13-14-15-16-17-21-28-22-18-19-23-30(28)35-26-29(34-5)27-36-37(32,33)25-20-24-31(2,3)4/h18-19,22-23,29H,6-17,20-21,24-27H2,1-5H3/p+1. The molecule has 1 aromatic rings. The normalized spacial score (nSPS) is 14.4. The lowest BCUT2D eigenvalue weighted by Crippen LogP contribution is -2.35. The van der Waals surface area contributed by atoms with Crippen molar-refractivity contribution in [2.45, 2.75) is 103 Å². The molecule has 216 valence electrons. The SMILES string of the molecule is CCCCCCCCCCCCCCc1ccccc1OCC(COP(=O)(O)CCC[N+](C)(C)C)OC. The molecular formula is C30H57NO5P+. The Morgan fingerprint density at radius 1 is 0.838 bits per heavy atom. The maximum Gasteiger partial charge on any atom is 0.328 e. The minimum absolute atomic E-state index is 0.0373. The molecule has 6 nitrogen and oxygen atoms in total. The molecule has 2 atom stereocenters. The molecule has 1 aromatic carbocycles.